The number of piperazine rings is 1. The maximum Gasteiger partial charge on any atom is 0.139 e. The van der Waals surface area contributed by atoms with Crippen molar-refractivity contribution in [3.05, 3.63) is 35.5 Å². The molecule has 24 heavy (non-hydrogen) atoms. The Morgan fingerprint density at radius 2 is 1.92 bits per heavy atom. The molecule has 0 amide bonds. The molecule has 2 aliphatic heterocycles. The minimum absolute atomic E-state index is 0.614. The van der Waals surface area contributed by atoms with E-state index < -0.39 is 0 Å². The summed E-state index contributed by atoms with van der Waals surface area (Å²) in [5, 5.41) is 2.82. The van der Waals surface area contributed by atoms with Gasteiger partial charge in [0.2, 0.25) is 0 Å². The predicted molar refractivity (Wildman–Crippen MR) is 101 cm³/mol. The highest BCUT2D eigenvalue weighted by atomic mass is 35.5. The third-order valence-electron chi connectivity index (χ3n) is 5.54. The van der Waals surface area contributed by atoms with Crippen LogP contribution in [0.5, 0.6) is 0 Å². The molecule has 0 saturated carbocycles. The summed E-state index contributed by atoms with van der Waals surface area (Å²) in [5.41, 5.74) is 0. The van der Waals surface area contributed by atoms with Crippen LogP contribution < -0.4 is 4.90 Å². The molecule has 0 spiro atoms. The van der Waals surface area contributed by atoms with E-state index in [1.807, 2.05) is 12.1 Å². The molecule has 0 radical (unpaired) electrons. The van der Waals surface area contributed by atoms with Crippen molar-refractivity contribution < 1.29 is 0 Å². The lowest BCUT2D eigenvalue weighted by molar-refractivity contribution is 0.107. The van der Waals surface area contributed by atoms with Gasteiger partial charge in [0.05, 0.1) is 0 Å². The average molecular weight is 345 g/mol. The maximum absolute atomic E-state index is 6.40. The fraction of sp³-hybridized carbons (Fsp3) is 0.526. The van der Waals surface area contributed by atoms with Crippen LogP contribution in [-0.2, 0) is 0 Å². The van der Waals surface area contributed by atoms with Gasteiger partial charge in [-0.3, -0.25) is 4.90 Å². The minimum Gasteiger partial charge on any atom is -0.355 e. The molecule has 2 aromatic rings. The smallest absolute Gasteiger partial charge is 0.139 e. The predicted octanol–water partition coefficient (Wildman–Crippen LogP) is 3.10. The van der Waals surface area contributed by atoms with Crippen molar-refractivity contribution in [3.8, 4) is 0 Å². The Hall–Kier alpha value is -1.36. The van der Waals surface area contributed by atoms with Gasteiger partial charge in [-0.25, -0.2) is 4.98 Å². The Labute approximate surface area is 149 Å². The summed E-state index contributed by atoms with van der Waals surface area (Å²) in [5.74, 6) is 1.02. The molecule has 4 nitrogen and oxygen atoms in total. The lowest BCUT2D eigenvalue weighted by Crippen LogP contribution is -2.50. The standard InChI is InChI=1S/C19H25ClN4/c1-2-22-9-11-23(12-10-22)16-7-8-24(14-16)18-13-15-5-3-4-6-17(15)19(20)21-18/h3-6,13,16H,2,7-12,14H2,1H3. The molecule has 4 rings (SSSR count). The van der Waals surface area contributed by atoms with Crippen molar-refractivity contribution in [2.75, 3.05) is 50.7 Å². The van der Waals surface area contributed by atoms with Gasteiger partial charge in [0.15, 0.2) is 0 Å². The number of fused-ring (bicyclic) bond motifs is 1. The molecule has 1 unspecified atom stereocenters. The van der Waals surface area contributed by atoms with Crippen molar-refractivity contribution in [1.29, 1.82) is 0 Å². The molecule has 128 valence electrons. The molecule has 2 saturated heterocycles. The molecule has 5 heteroatoms. The highest BCUT2D eigenvalue weighted by Gasteiger charge is 2.30. The Morgan fingerprint density at radius 3 is 2.71 bits per heavy atom. The van der Waals surface area contributed by atoms with Crippen LogP contribution in [0.1, 0.15) is 13.3 Å². The number of hydrogen-bond acceptors (Lipinski definition) is 4. The molecule has 1 aromatic carbocycles. The number of anilines is 1. The Kier molecular flexibility index (Phi) is 4.61. The first-order chi connectivity index (χ1) is 11.7. The fourth-order valence-corrected chi connectivity index (χ4v) is 4.26. The van der Waals surface area contributed by atoms with Gasteiger partial charge in [-0.1, -0.05) is 42.8 Å². The summed E-state index contributed by atoms with van der Waals surface area (Å²) in [4.78, 5) is 12.2. The zero-order valence-corrected chi connectivity index (χ0v) is 15.0. The van der Waals surface area contributed by atoms with Gasteiger partial charge in [-0.05, 0) is 24.4 Å². The maximum atomic E-state index is 6.40. The molecule has 0 aliphatic carbocycles. The first-order valence-corrected chi connectivity index (χ1v) is 9.39. The lowest BCUT2D eigenvalue weighted by atomic mass is 10.2. The van der Waals surface area contributed by atoms with Gasteiger partial charge >= 0.3 is 0 Å². The lowest BCUT2D eigenvalue weighted by Gasteiger charge is -2.37. The van der Waals surface area contributed by atoms with Crippen LogP contribution in [0, 0.1) is 0 Å². The number of aromatic nitrogens is 1. The number of likely N-dealkylation sites (N-methyl/N-ethyl adjacent to an activating group) is 1. The molecule has 2 aliphatic rings. The Balaban J connectivity index is 1.47. The summed E-state index contributed by atoms with van der Waals surface area (Å²) in [6.45, 7) is 10.3. The first kappa shape index (κ1) is 16.1. The average Bonchev–Trinajstić information content (AvgIpc) is 3.12. The van der Waals surface area contributed by atoms with Crippen LogP contribution in [0.15, 0.2) is 30.3 Å². The molecule has 1 atom stereocenters. The van der Waals surface area contributed by atoms with Gasteiger partial charge in [0, 0.05) is 50.7 Å². The van der Waals surface area contributed by atoms with Crippen LogP contribution >= 0.6 is 11.6 Å². The summed E-state index contributed by atoms with van der Waals surface area (Å²) in [7, 11) is 0. The van der Waals surface area contributed by atoms with Gasteiger partial charge in [0.1, 0.15) is 11.0 Å². The molecule has 0 N–H and O–H groups in total. The fourth-order valence-electron chi connectivity index (χ4n) is 4.00. The summed E-state index contributed by atoms with van der Waals surface area (Å²) < 4.78 is 0. The van der Waals surface area contributed by atoms with Gasteiger partial charge in [0.25, 0.3) is 0 Å². The second-order valence-corrected chi connectivity index (χ2v) is 7.21. The number of rotatable bonds is 3. The summed E-state index contributed by atoms with van der Waals surface area (Å²) in [6, 6.07) is 11.0. The number of benzene rings is 1. The van der Waals surface area contributed by atoms with Gasteiger partial charge in [-0.2, -0.15) is 0 Å². The SMILES string of the molecule is CCN1CCN(C2CCN(c3cc4ccccc4c(Cl)n3)C2)CC1. The van der Waals surface area contributed by atoms with Crippen molar-refractivity contribution >= 4 is 28.2 Å². The normalized spacial score (nSPS) is 23.2. The van der Waals surface area contributed by atoms with Gasteiger partial charge < -0.3 is 9.80 Å². The third kappa shape index (κ3) is 3.10. The summed E-state index contributed by atoms with van der Waals surface area (Å²) in [6.07, 6.45) is 1.22. The van der Waals surface area contributed by atoms with E-state index in [4.69, 9.17) is 11.6 Å². The Morgan fingerprint density at radius 1 is 1.12 bits per heavy atom. The van der Waals surface area contributed by atoms with E-state index >= 15 is 0 Å². The van der Waals surface area contributed by atoms with Crippen molar-refractivity contribution in [1.82, 2.24) is 14.8 Å². The van der Waals surface area contributed by atoms with Crippen LogP contribution in [0.25, 0.3) is 10.8 Å². The van der Waals surface area contributed by atoms with E-state index in [0.717, 1.165) is 24.3 Å². The minimum atomic E-state index is 0.614. The molecule has 2 fully saturated rings. The first-order valence-electron chi connectivity index (χ1n) is 9.01. The van der Waals surface area contributed by atoms with Crippen LogP contribution in [0.2, 0.25) is 5.15 Å². The van der Waals surface area contributed by atoms with Crippen molar-refractivity contribution in [2.24, 2.45) is 0 Å². The van der Waals surface area contributed by atoms with Crippen LogP contribution in [0.3, 0.4) is 0 Å². The Bertz CT molecular complexity index is 712. The number of halogens is 1. The highest BCUT2D eigenvalue weighted by Crippen LogP contribution is 2.29. The second kappa shape index (κ2) is 6.87. The molecule has 1 aromatic heterocycles. The van der Waals surface area contributed by atoms with E-state index in [-0.39, 0.29) is 0 Å². The summed E-state index contributed by atoms with van der Waals surface area (Å²) >= 11 is 6.40. The topological polar surface area (TPSA) is 22.6 Å². The van der Waals surface area contributed by atoms with E-state index in [1.165, 1.54) is 44.5 Å². The quantitative estimate of drug-likeness (QED) is 0.798. The molecular weight excluding hydrogens is 320 g/mol. The molecule has 3 heterocycles. The van der Waals surface area contributed by atoms with E-state index in [2.05, 4.69) is 44.8 Å². The number of nitrogens with zero attached hydrogens (tertiary/aromatic N) is 4. The van der Waals surface area contributed by atoms with Crippen molar-refractivity contribution in [2.45, 2.75) is 19.4 Å². The van der Waals surface area contributed by atoms with Gasteiger partial charge in [-0.15, -0.1) is 0 Å². The second-order valence-electron chi connectivity index (χ2n) is 6.85. The molecular formula is C19H25ClN4. The van der Waals surface area contributed by atoms with E-state index in [9.17, 15) is 0 Å². The largest absolute Gasteiger partial charge is 0.355 e. The zero-order chi connectivity index (χ0) is 16.5. The van der Waals surface area contributed by atoms with Crippen molar-refractivity contribution in [3.63, 3.8) is 0 Å². The van der Waals surface area contributed by atoms with E-state index in [1.54, 1.807) is 0 Å². The monoisotopic (exact) mass is 344 g/mol. The number of pyridine rings is 1. The highest BCUT2D eigenvalue weighted by molar-refractivity contribution is 6.34. The number of hydrogen-bond donors (Lipinski definition) is 0. The van der Waals surface area contributed by atoms with Crippen LogP contribution in [-0.4, -0.2) is 66.6 Å². The van der Waals surface area contributed by atoms with E-state index in [0.29, 0.717) is 11.2 Å². The zero-order valence-electron chi connectivity index (χ0n) is 14.3. The molecule has 0 bridgehead atoms. The van der Waals surface area contributed by atoms with Crippen LogP contribution in [0.4, 0.5) is 5.82 Å². The third-order valence-corrected chi connectivity index (χ3v) is 5.83.